The summed E-state index contributed by atoms with van der Waals surface area (Å²) in [6, 6.07) is 8.95. The number of fused-ring (bicyclic) bond motifs is 3. The normalized spacial score (nSPS) is 29.1. The van der Waals surface area contributed by atoms with Crippen molar-refractivity contribution >= 4 is 17.7 Å². The average molecular weight is 339 g/mol. The zero-order valence-corrected chi connectivity index (χ0v) is 14.8. The maximum absolute atomic E-state index is 12.6. The fourth-order valence-corrected chi connectivity index (χ4v) is 5.65. The van der Waals surface area contributed by atoms with Crippen LogP contribution in [-0.4, -0.2) is 39.1 Å². The van der Waals surface area contributed by atoms with Crippen LogP contribution in [0.15, 0.2) is 47.9 Å². The van der Waals surface area contributed by atoms with Gasteiger partial charge in [0.2, 0.25) is 5.91 Å². The molecule has 2 heterocycles. The predicted octanol–water partition coefficient (Wildman–Crippen LogP) is 3.07. The van der Waals surface area contributed by atoms with Crippen molar-refractivity contribution in [1.29, 1.82) is 0 Å². The van der Waals surface area contributed by atoms with Gasteiger partial charge in [0.1, 0.15) is 5.03 Å². The molecule has 0 radical (unpaired) electrons. The summed E-state index contributed by atoms with van der Waals surface area (Å²) in [5, 5.41) is 1.06. The van der Waals surface area contributed by atoms with E-state index < -0.39 is 0 Å². The topological polar surface area (TPSA) is 46.1 Å². The number of hydrogen-bond acceptors (Lipinski definition) is 4. The highest BCUT2D eigenvalue weighted by atomic mass is 32.2. The van der Waals surface area contributed by atoms with Gasteiger partial charge in [0, 0.05) is 42.6 Å². The van der Waals surface area contributed by atoms with E-state index in [9.17, 15) is 4.79 Å². The maximum atomic E-state index is 12.6. The van der Waals surface area contributed by atoms with E-state index in [-0.39, 0.29) is 22.6 Å². The number of likely N-dealkylation sites (N-methyl/N-ethyl adjacent to an activating group) is 1. The average Bonchev–Trinajstić information content (AvgIpc) is 2.61. The number of aryl methyl sites for hydroxylation is 1. The first-order valence-corrected chi connectivity index (χ1v) is 9.25. The molecule has 124 valence electrons. The Hall–Kier alpha value is -1.88. The second kappa shape index (κ2) is 5.88. The van der Waals surface area contributed by atoms with Gasteiger partial charge in [-0.25, -0.2) is 4.98 Å². The van der Waals surface area contributed by atoms with E-state index in [1.807, 2.05) is 11.9 Å². The molecule has 2 aliphatic rings. The number of piperidine rings is 1. The second-order valence-corrected chi connectivity index (χ2v) is 8.08. The SMILES string of the molecule is CN1C(=O)CC(Sc2cnccn2)[C@]2(C)c3ccccc3CC[C@@H]12. The molecule has 1 aliphatic carbocycles. The number of thioether (sulfide) groups is 1. The molecule has 1 amide bonds. The van der Waals surface area contributed by atoms with Crippen LogP contribution in [0.4, 0.5) is 0 Å². The van der Waals surface area contributed by atoms with Crippen LogP contribution in [0.2, 0.25) is 0 Å². The van der Waals surface area contributed by atoms with E-state index in [0.29, 0.717) is 6.42 Å². The number of amides is 1. The van der Waals surface area contributed by atoms with E-state index in [1.165, 1.54) is 11.1 Å². The van der Waals surface area contributed by atoms with Gasteiger partial charge in [-0.3, -0.25) is 9.78 Å². The third-order valence-corrected chi connectivity index (χ3v) is 7.06. The lowest BCUT2D eigenvalue weighted by Gasteiger charge is -2.54. The van der Waals surface area contributed by atoms with Crippen LogP contribution >= 0.6 is 11.8 Å². The van der Waals surface area contributed by atoms with Gasteiger partial charge >= 0.3 is 0 Å². The van der Waals surface area contributed by atoms with Gasteiger partial charge in [-0.05, 0) is 24.0 Å². The third kappa shape index (κ3) is 2.34. The highest BCUT2D eigenvalue weighted by Gasteiger charge is 2.53. The van der Waals surface area contributed by atoms with Crippen LogP contribution in [0.3, 0.4) is 0 Å². The summed E-state index contributed by atoms with van der Waals surface area (Å²) in [6.45, 7) is 2.33. The molecule has 3 atom stereocenters. The minimum Gasteiger partial charge on any atom is -0.342 e. The number of rotatable bonds is 2. The van der Waals surface area contributed by atoms with Crippen molar-refractivity contribution in [1.82, 2.24) is 14.9 Å². The second-order valence-electron chi connectivity index (χ2n) is 6.85. The van der Waals surface area contributed by atoms with Crippen molar-refractivity contribution in [3.05, 3.63) is 54.0 Å². The Morgan fingerprint density at radius 2 is 2.12 bits per heavy atom. The largest absolute Gasteiger partial charge is 0.342 e. The predicted molar refractivity (Wildman–Crippen MR) is 95.0 cm³/mol. The molecular formula is C19H21N3OS. The Morgan fingerprint density at radius 3 is 2.92 bits per heavy atom. The Labute approximate surface area is 146 Å². The molecule has 1 unspecified atom stereocenters. The van der Waals surface area contributed by atoms with Crippen molar-refractivity contribution in [3.63, 3.8) is 0 Å². The Balaban J connectivity index is 1.79. The number of hydrogen-bond donors (Lipinski definition) is 0. The van der Waals surface area contributed by atoms with Crippen LogP contribution in [-0.2, 0) is 16.6 Å². The Bertz CT molecular complexity index is 766. The molecule has 5 heteroatoms. The first-order chi connectivity index (χ1) is 11.6. The molecule has 0 spiro atoms. The van der Waals surface area contributed by atoms with Gasteiger partial charge in [0.05, 0.1) is 6.20 Å². The summed E-state index contributed by atoms with van der Waals surface area (Å²) >= 11 is 1.70. The molecule has 1 aliphatic heterocycles. The summed E-state index contributed by atoms with van der Waals surface area (Å²) < 4.78 is 0. The van der Waals surface area contributed by atoms with Gasteiger partial charge in [-0.15, -0.1) is 0 Å². The molecule has 0 saturated carbocycles. The number of nitrogens with zero attached hydrogens (tertiary/aromatic N) is 3. The monoisotopic (exact) mass is 339 g/mol. The highest BCUT2D eigenvalue weighted by molar-refractivity contribution is 8.00. The minimum atomic E-state index is -0.0698. The summed E-state index contributed by atoms with van der Waals surface area (Å²) in [4.78, 5) is 23.1. The van der Waals surface area contributed by atoms with Gasteiger partial charge in [0.15, 0.2) is 0 Å². The molecule has 0 N–H and O–H groups in total. The molecule has 4 rings (SSSR count). The number of likely N-dealkylation sites (tertiary alicyclic amines) is 1. The van der Waals surface area contributed by atoms with E-state index in [4.69, 9.17) is 0 Å². The Morgan fingerprint density at radius 1 is 1.29 bits per heavy atom. The van der Waals surface area contributed by atoms with Crippen LogP contribution in [0.1, 0.15) is 30.9 Å². The fraction of sp³-hybridized carbons (Fsp3) is 0.421. The smallest absolute Gasteiger partial charge is 0.223 e. The van der Waals surface area contributed by atoms with Crippen molar-refractivity contribution in [3.8, 4) is 0 Å². The summed E-state index contributed by atoms with van der Waals surface area (Å²) in [5.41, 5.74) is 2.74. The standard InChI is InChI=1S/C19H21N3OS/c1-19-14-6-4-3-5-13(14)7-8-15(19)22(2)18(23)11-16(19)24-17-12-20-9-10-21-17/h3-6,9-10,12,15-16H,7-8,11H2,1-2H3/t15-,16?,19-/m1/s1. The van der Waals surface area contributed by atoms with Gasteiger partial charge in [-0.1, -0.05) is 43.0 Å². The van der Waals surface area contributed by atoms with Crippen LogP contribution in [0.5, 0.6) is 0 Å². The van der Waals surface area contributed by atoms with E-state index in [0.717, 1.165) is 17.9 Å². The van der Waals surface area contributed by atoms with Crippen LogP contribution in [0, 0.1) is 0 Å². The van der Waals surface area contributed by atoms with Crippen molar-refractivity contribution in [2.45, 2.75) is 47.9 Å². The van der Waals surface area contributed by atoms with E-state index in [1.54, 1.807) is 30.4 Å². The fourth-order valence-electron chi connectivity index (χ4n) is 4.36. The van der Waals surface area contributed by atoms with Crippen LogP contribution in [0.25, 0.3) is 0 Å². The molecule has 1 aromatic carbocycles. The molecule has 1 aromatic heterocycles. The lowest BCUT2D eigenvalue weighted by atomic mass is 9.63. The van der Waals surface area contributed by atoms with Crippen molar-refractivity contribution < 1.29 is 4.79 Å². The molecule has 4 nitrogen and oxygen atoms in total. The van der Waals surface area contributed by atoms with Crippen LogP contribution < -0.4 is 0 Å². The maximum Gasteiger partial charge on any atom is 0.223 e. The number of aromatic nitrogens is 2. The molecular weight excluding hydrogens is 318 g/mol. The molecule has 0 bridgehead atoms. The first kappa shape index (κ1) is 15.6. The van der Waals surface area contributed by atoms with E-state index >= 15 is 0 Å². The summed E-state index contributed by atoms with van der Waals surface area (Å²) in [7, 11) is 1.96. The number of benzene rings is 1. The zero-order valence-electron chi connectivity index (χ0n) is 14.0. The van der Waals surface area contributed by atoms with Crippen molar-refractivity contribution in [2.24, 2.45) is 0 Å². The summed E-state index contributed by atoms with van der Waals surface area (Å²) in [5.74, 6) is 0.234. The van der Waals surface area contributed by atoms with Gasteiger partial charge in [0.25, 0.3) is 0 Å². The molecule has 2 aromatic rings. The number of carbonyl (C=O) groups excluding carboxylic acids is 1. The Kier molecular flexibility index (Phi) is 3.83. The zero-order chi connectivity index (χ0) is 16.7. The molecule has 1 fully saturated rings. The lowest BCUT2D eigenvalue weighted by molar-refractivity contribution is -0.137. The highest BCUT2D eigenvalue weighted by Crippen LogP contribution is 2.50. The number of carbonyl (C=O) groups is 1. The molecule has 1 saturated heterocycles. The van der Waals surface area contributed by atoms with Gasteiger partial charge < -0.3 is 4.90 Å². The molecule has 24 heavy (non-hydrogen) atoms. The minimum absolute atomic E-state index is 0.0698. The van der Waals surface area contributed by atoms with Crippen molar-refractivity contribution in [2.75, 3.05) is 7.05 Å². The van der Waals surface area contributed by atoms with E-state index in [2.05, 4.69) is 41.2 Å². The third-order valence-electron chi connectivity index (χ3n) is 5.67. The summed E-state index contributed by atoms with van der Waals surface area (Å²) in [6.07, 6.45) is 7.79. The first-order valence-electron chi connectivity index (χ1n) is 8.37. The quantitative estimate of drug-likeness (QED) is 0.843. The van der Waals surface area contributed by atoms with Gasteiger partial charge in [-0.2, -0.15) is 0 Å². The lowest BCUT2D eigenvalue weighted by Crippen LogP contribution is -2.61.